The van der Waals surface area contributed by atoms with E-state index < -0.39 is 23.8 Å². The Balaban J connectivity index is 1.42. The fourth-order valence-electron chi connectivity index (χ4n) is 4.21. The zero-order chi connectivity index (χ0) is 28.5. The smallest absolute Gasteiger partial charge is 0.343 e. The van der Waals surface area contributed by atoms with Gasteiger partial charge in [0.2, 0.25) is 0 Å². The highest BCUT2D eigenvalue weighted by Gasteiger charge is 2.28. The number of hydrogen-bond acceptors (Lipinski definition) is 9. The number of nitrogens with zero attached hydrogens (tertiary/aromatic N) is 1. The number of ether oxygens (including phenoxy) is 3. The van der Waals surface area contributed by atoms with Gasteiger partial charge in [0.15, 0.2) is 0 Å². The summed E-state index contributed by atoms with van der Waals surface area (Å²) in [5.41, 5.74) is 4.07. The van der Waals surface area contributed by atoms with Gasteiger partial charge in [-0.15, -0.1) is 11.3 Å². The molecule has 0 spiro atoms. The molecule has 0 fully saturated rings. The molecule has 1 aliphatic rings. The van der Waals surface area contributed by atoms with Crippen LogP contribution < -0.4 is 20.2 Å². The van der Waals surface area contributed by atoms with Gasteiger partial charge in [0, 0.05) is 10.4 Å². The highest BCUT2D eigenvalue weighted by Crippen LogP contribution is 2.38. The number of esters is 2. The van der Waals surface area contributed by atoms with Crippen LogP contribution in [0.4, 0.5) is 5.00 Å². The van der Waals surface area contributed by atoms with Crippen molar-refractivity contribution in [1.82, 2.24) is 5.43 Å². The molecule has 2 amide bonds. The molecule has 0 aliphatic heterocycles. The van der Waals surface area contributed by atoms with Crippen molar-refractivity contribution >= 4 is 46.3 Å². The van der Waals surface area contributed by atoms with Crippen molar-refractivity contribution in [1.29, 1.82) is 0 Å². The molecule has 0 unspecified atom stereocenters. The first-order valence-electron chi connectivity index (χ1n) is 12.8. The minimum atomic E-state index is -1.03. The molecule has 3 aromatic rings. The molecule has 0 atom stereocenters. The van der Waals surface area contributed by atoms with Crippen LogP contribution in [0.3, 0.4) is 0 Å². The van der Waals surface area contributed by atoms with Gasteiger partial charge in [0.05, 0.1) is 31.1 Å². The van der Waals surface area contributed by atoms with E-state index in [1.165, 1.54) is 24.7 Å². The lowest BCUT2D eigenvalue weighted by Gasteiger charge is -2.08. The number of nitrogens with one attached hydrogen (secondary N) is 2. The first kappa shape index (κ1) is 28.5. The van der Waals surface area contributed by atoms with Gasteiger partial charge in [-0.2, -0.15) is 5.10 Å². The molecule has 0 saturated carbocycles. The van der Waals surface area contributed by atoms with Gasteiger partial charge in [-0.25, -0.2) is 15.0 Å². The molecule has 4 rings (SSSR count). The number of aryl methyl sites for hydroxylation is 1. The average molecular weight is 564 g/mol. The quantitative estimate of drug-likeness (QED) is 0.103. The predicted octanol–water partition coefficient (Wildman–Crippen LogP) is 4.51. The van der Waals surface area contributed by atoms with Crippen molar-refractivity contribution in [2.45, 2.75) is 39.0 Å². The van der Waals surface area contributed by atoms with Crippen molar-refractivity contribution in [2.24, 2.45) is 5.10 Å². The fraction of sp³-hybridized carbons (Fsp3) is 0.276. The highest BCUT2D eigenvalue weighted by molar-refractivity contribution is 7.17. The number of carbonyl (C=O) groups excluding carboxylic acids is 4. The summed E-state index contributed by atoms with van der Waals surface area (Å²) >= 11 is 1.30. The predicted molar refractivity (Wildman–Crippen MR) is 150 cm³/mol. The van der Waals surface area contributed by atoms with Crippen LogP contribution in [0.25, 0.3) is 0 Å². The van der Waals surface area contributed by atoms with E-state index in [2.05, 4.69) is 15.8 Å². The first-order chi connectivity index (χ1) is 19.4. The van der Waals surface area contributed by atoms with Crippen LogP contribution in [0.5, 0.6) is 11.5 Å². The second-order valence-electron chi connectivity index (χ2n) is 8.80. The van der Waals surface area contributed by atoms with Crippen LogP contribution in [-0.4, -0.2) is 43.7 Å². The van der Waals surface area contributed by atoms with Crippen molar-refractivity contribution in [3.8, 4) is 11.5 Å². The third-order valence-corrected chi connectivity index (χ3v) is 7.34. The summed E-state index contributed by atoms with van der Waals surface area (Å²) in [4.78, 5) is 51.5. The van der Waals surface area contributed by atoms with E-state index in [0.29, 0.717) is 33.9 Å². The number of carbonyl (C=O) groups is 4. The van der Waals surface area contributed by atoms with Crippen LogP contribution in [0.1, 0.15) is 62.9 Å². The summed E-state index contributed by atoms with van der Waals surface area (Å²) < 4.78 is 15.9. The molecule has 1 heterocycles. The van der Waals surface area contributed by atoms with Gasteiger partial charge in [-0.3, -0.25) is 9.59 Å². The lowest BCUT2D eigenvalue weighted by Crippen LogP contribution is -2.32. The minimum Gasteiger partial charge on any atom is -0.497 e. The third-order valence-electron chi connectivity index (χ3n) is 6.13. The normalized spacial score (nSPS) is 12.7. The third kappa shape index (κ3) is 6.92. The number of methoxy groups -OCH3 is 1. The maximum Gasteiger partial charge on any atom is 0.343 e. The summed E-state index contributed by atoms with van der Waals surface area (Å²) in [6, 6.07) is 13.1. The number of anilines is 1. The van der Waals surface area contributed by atoms with Gasteiger partial charge in [-0.05, 0) is 68.5 Å². The maximum atomic E-state index is 12.7. The van der Waals surface area contributed by atoms with Gasteiger partial charge in [0.25, 0.3) is 0 Å². The van der Waals surface area contributed by atoms with Crippen LogP contribution in [0.15, 0.2) is 53.6 Å². The van der Waals surface area contributed by atoms with E-state index in [4.69, 9.17) is 14.2 Å². The Morgan fingerprint density at radius 2 is 1.77 bits per heavy atom. The molecular formula is C29H29N3O7S. The van der Waals surface area contributed by atoms with Crippen LogP contribution in [-0.2, 0) is 27.2 Å². The number of rotatable bonds is 8. The summed E-state index contributed by atoms with van der Waals surface area (Å²) in [5.74, 6) is -2.40. The molecule has 208 valence electrons. The number of benzene rings is 2. The van der Waals surface area contributed by atoms with Crippen molar-refractivity contribution in [3.05, 3.63) is 75.7 Å². The molecule has 1 aromatic heterocycles. The van der Waals surface area contributed by atoms with E-state index in [-0.39, 0.29) is 12.4 Å². The van der Waals surface area contributed by atoms with E-state index in [1.54, 1.807) is 55.5 Å². The van der Waals surface area contributed by atoms with Gasteiger partial charge in [-0.1, -0.05) is 24.6 Å². The van der Waals surface area contributed by atoms with Crippen molar-refractivity contribution < 1.29 is 33.4 Å². The molecule has 1 aliphatic carbocycles. The van der Waals surface area contributed by atoms with E-state index in [9.17, 15) is 19.2 Å². The molecule has 0 saturated heterocycles. The molecule has 0 bridgehead atoms. The van der Waals surface area contributed by atoms with Crippen LogP contribution in [0, 0.1) is 0 Å². The lowest BCUT2D eigenvalue weighted by atomic mass is 10.1. The zero-order valence-electron chi connectivity index (χ0n) is 22.2. The molecule has 11 heteroatoms. The Morgan fingerprint density at radius 1 is 0.975 bits per heavy atom. The van der Waals surface area contributed by atoms with Gasteiger partial charge in [0.1, 0.15) is 16.5 Å². The van der Waals surface area contributed by atoms with Crippen LogP contribution >= 0.6 is 11.3 Å². The SMILES string of the molecule is CCOC(=O)c1c(NC(=O)C(=O)NN=Cc2ccccc2OC(=O)c2cccc(OC)c2)sc2c1CCCCC2. The highest BCUT2D eigenvalue weighted by atomic mass is 32.1. The van der Waals surface area contributed by atoms with E-state index >= 15 is 0 Å². The Hall–Kier alpha value is -4.51. The largest absolute Gasteiger partial charge is 0.497 e. The first-order valence-corrected chi connectivity index (χ1v) is 13.6. The van der Waals surface area contributed by atoms with Crippen molar-refractivity contribution in [2.75, 3.05) is 19.0 Å². The van der Waals surface area contributed by atoms with Crippen molar-refractivity contribution in [3.63, 3.8) is 0 Å². The Labute approximate surface area is 235 Å². The summed E-state index contributed by atoms with van der Waals surface area (Å²) in [6.07, 6.45) is 5.78. The second kappa shape index (κ2) is 13.5. The van der Waals surface area contributed by atoms with Crippen LogP contribution in [0.2, 0.25) is 0 Å². The number of fused-ring (bicyclic) bond motifs is 1. The molecule has 10 nitrogen and oxygen atoms in total. The van der Waals surface area contributed by atoms with E-state index in [0.717, 1.165) is 36.1 Å². The molecule has 0 radical (unpaired) electrons. The molecular weight excluding hydrogens is 534 g/mol. The number of hydrazone groups is 1. The Morgan fingerprint density at radius 3 is 2.58 bits per heavy atom. The van der Waals surface area contributed by atoms with Gasteiger partial charge < -0.3 is 19.5 Å². The summed E-state index contributed by atoms with van der Waals surface area (Å²) in [5, 5.41) is 6.70. The number of amides is 2. The average Bonchev–Trinajstić information content (AvgIpc) is 3.13. The zero-order valence-corrected chi connectivity index (χ0v) is 23.0. The summed E-state index contributed by atoms with van der Waals surface area (Å²) in [7, 11) is 1.50. The maximum absolute atomic E-state index is 12.7. The topological polar surface area (TPSA) is 132 Å². The Bertz CT molecular complexity index is 1450. The molecule has 2 N–H and O–H groups in total. The monoisotopic (exact) mass is 563 g/mol. The fourth-order valence-corrected chi connectivity index (χ4v) is 5.48. The lowest BCUT2D eigenvalue weighted by molar-refractivity contribution is -0.136. The Kier molecular flexibility index (Phi) is 9.63. The minimum absolute atomic E-state index is 0.197. The second-order valence-corrected chi connectivity index (χ2v) is 9.91. The number of hydrogen-bond donors (Lipinski definition) is 2. The van der Waals surface area contributed by atoms with E-state index in [1.807, 2.05) is 0 Å². The summed E-state index contributed by atoms with van der Waals surface area (Å²) in [6.45, 7) is 1.91. The molecule has 2 aromatic carbocycles. The molecule has 40 heavy (non-hydrogen) atoms. The van der Waals surface area contributed by atoms with Gasteiger partial charge >= 0.3 is 23.8 Å². The standard InChI is InChI=1S/C29H29N3O7S/c1-3-38-29(36)24-21-13-5-4-6-15-23(21)40-27(24)31-25(33)26(34)32-30-17-19-10-7-8-14-22(19)39-28(35)18-11-9-12-20(16-18)37-2/h7-12,14,16-17H,3-6,13,15H2,1-2H3,(H,31,33)(H,32,34). The number of thiophene rings is 1. The number of para-hydroxylation sites is 1.